The van der Waals surface area contributed by atoms with Crippen LogP contribution < -0.4 is 15.1 Å². The minimum atomic E-state index is 0.00453. The largest absolute Gasteiger partial charge is 0.493 e. The molecule has 4 nitrogen and oxygen atoms in total. The third kappa shape index (κ3) is 4.25. The van der Waals surface area contributed by atoms with E-state index in [1.807, 2.05) is 18.2 Å². The number of piperazine rings is 1. The highest BCUT2D eigenvalue weighted by Gasteiger charge is 2.18. The Morgan fingerprint density at radius 1 is 1.00 bits per heavy atom. The van der Waals surface area contributed by atoms with Crippen molar-refractivity contribution < 1.29 is 4.74 Å². The van der Waals surface area contributed by atoms with Crippen LogP contribution >= 0.6 is 0 Å². The van der Waals surface area contributed by atoms with E-state index in [1.54, 1.807) is 7.11 Å². The number of nitrogens with zero attached hydrogens (tertiary/aromatic N) is 2. The van der Waals surface area contributed by atoms with Crippen molar-refractivity contribution >= 4 is 5.69 Å². The van der Waals surface area contributed by atoms with Crippen molar-refractivity contribution in [2.45, 2.75) is 26.3 Å². The summed E-state index contributed by atoms with van der Waals surface area (Å²) < 4.78 is 5.36. The molecule has 0 unspecified atom stereocenters. The fraction of sp³-hybridized carbons (Fsp3) is 0.409. The van der Waals surface area contributed by atoms with Gasteiger partial charge in [0.2, 0.25) is 5.43 Å². The Hall–Kier alpha value is -2.33. The fourth-order valence-electron chi connectivity index (χ4n) is 3.37. The van der Waals surface area contributed by atoms with E-state index in [1.165, 1.54) is 5.69 Å². The van der Waals surface area contributed by atoms with Crippen LogP contribution in [0.15, 0.2) is 53.3 Å². The lowest BCUT2D eigenvalue weighted by molar-refractivity contribution is 0.249. The molecule has 138 valence electrons. The first kappa shape index (κ1) is 18.5. The van der Waals surface area contributed by atoms with Gasteiger partial charge in [0.05, 0.1) is 7.11 Å². The average Bonchev–Trinajstić information content (AvgIpc) is 2.82. The van der Waals surface area contributed by atoms with Crippen LogP contribution in [-0.4, -0.2) is 38.2 Å². The van der Waals surface area contributed by atoms with Crippen molar-refractivity contribution in [3.63, 3.8) is 0 Å². The molecular weight excluding hydrogens is 324 g/mol. The number of hydrogen-bond acceptors (Lipinski definition) is 4. The number of benzene rings is 1. The van der Waals surface area contributed by atoms with Gasteiger partial charge in [-0.2, -0.15) is 0 Å². The van der Waals surface area contributed by atoms with Gasteiger partial charge in [-0.3, -0.25) is 9.69 Å². The second kappa shape index (κ2) is 8.37. The predicted molar refractivity (Wildman–Crippen MR) is 107 cm³/mol. The Morgan fingerprint density at radius 3 is 2.31 bits per heavy atom. The van der Waals surface area contributed by atoms with Crippen LogP contribution in [0.25, 0.3) is 0 Å². The van der Waals surface area contributed by atoms with Gasteiger partial charge in [0.1, 0.15) is 0 Å². The van der Waals surface area contributed by atoms with E-state index in [0.29, 0.717) is 18.2 Å². The zero-order valence-corrected chi connectivity index (χ0v) is 15.9. The summed E-state index contributed by atoms with van der Waals surface area (Å²) in [6.45, 7) is 8.78. The molecule has 2 aromatic rings. The van der Waals surface area contributed by atoms with E-state index in [-0.39, 0.29) is 5.43 Å². The summed E-state index contributed by atoms with van der Waals surface area (Å²) >= 11 is 0. The van der Waals surface area contributed by atoms with Crippen molar-refractivity contribution in [2.24, 2.45) is 0 Å². The minimum Gasteiger partial charge on any atom is -0.493 e. The number of anilines is 1. The highest BCUT2D eigenvalue weighted by molar-refractivity contribution is 5.46. The number of hydrogen-bond donors (Lipinski definition) is 0. The zero-order valence-electron chi connectivity index (χ0n) is 15.9. The Morgan fingerprint density at radius 2 is 1.69 bits per heavy atom. The molecule has 1 saturated heterocycles. The summed E-state index contributed by atoms with van der Waals surface area (Å²) in [5, 5.41) is 0. The number of ether oxygens (including phenoxy) is 1. The highest BCUT2D eigenvalue weighted by Crippen LogP contribution is 2.19. The summed E-state index contributed by atoms with van der Waals surface area (Å²) in [7, 11) is 1.57. The monoisotopic (exact) mass is 352 g/mol. The van der Waals surface area contributed by atoms with Gasteiger partial charge in [-0.05, 0) is 29.7 Å². The van der Waals surface area contributed by atoms with Crippen molar-refractivity contribution in [1.29, 1.82) is 0 Å². The van der Waals surface area contributed by atoms with E-state index in [9.17, 15) is 4.79 Å². The lowest BCUT2D eigenvalue weighted by Crippen LogP contribution is -2.46. The Labute approximate surface area is 156 Å². The molecule has 2 aromatic carbocycles. The van der Waals surface area contributed by atoms with Crippen molar-refractivity contribution in [2.75, 3.05) is 38.2 Å². The molecule has 26 heavy (non-hydrogen) atoms. The van der Waals surface area contributed by atoms with Crippen LogP contribution in [0.2, 0.25) is 0 Å². The van der Waals surface area contributed by atoms with E-state index in [2.05, 4.69) is 54.0 Å². The smallest absolute Gasteiger partial charge is 0.224 e. The molecule has 0 amide bonds. The molecule has 4 heteroatoms. The first-order valence-electron chi connectivity index (χ1n) is 9.32. The number of para-hydroxylation sites is 1. The first-order valence-corrected chi connectivity index (χ1v) is 9.32. The molecule has 1 fully saturated rings. The van der Waals surface area contributed by atoms with Gasteiger partial charge < -0.3 is 9.64 Å². The first-order chi connectivity index (χ1) is 12.6. The molecule has 0 saturated carbocycles. The predicted octanol–water partition coefficient (Wildman–Crippen LogP) is 3.50. The molecular formula is C22H28N2O2. The summed E-state index contributed by atoms with van der Waals surface area (Å²) in [5.41, 5.74) is 3.21. The maximum atomic E-state index is 12.8. The van der Waals surface area contributed by atoms with Crippen LogP contribution in [0, 0.1) is 0 Å². The van der Waals surface area contributed by atoms with Gasteiger partial charge in [-0.25, -0.2) is 0 Å². The molecule has 0 N–H and O–H groups in total. The Kier molecular flexibility index (Phi) is 5.94. The van der Waals surface area contributed by atoms with Crippen molar-refractivity contribution in [3.8, 4) is 5.75 Å². The van der Waals surface area contributed by atoms with Gasteiger partial charge in [0.25, 0.3) is 0 Å². The van der Waals surface area contributed by atoms with E-state index in [0.717, 1.165) is 37.3 Å². The molecule has 1 heterocycles. The number of methoxy groups -OCH3 is 1. The summed E-state index contributed by atoms with van der Waals surface area (Å²) in [6.07, 6.45) is 0. The molecule has 0 spiro atoms. The summed E-state index contributed by atoms with van der Waals surface area (Å²) in [6, 6.07) is 16.4. The maximum Gasteiger partial charge on any atom is 0.224 e. The highest BCUT2D eigenvalue weighted by atomic mass is 16.5. The molecule has 0 bridgehead atoms. The molecule has 1 aliphatic rings. The third-order valence-corrected chi connectivity index (χ3v) is 5.06. The molecule has 0 aromatic heterocycles. The van der Waals surface area contributed by atoms with Crippen molar-refractivity contribution in [1.82, 2.24) is 4.90 Å². The summed E-state index contributed by atoms with van der Waals surface area (Å²) in [5.74, 6) is 0.801. The Balaban J connectivity index is 1.72. The maximum absolute atomic E-state index is 12.8. The quantitative estimate of drug-likeness (QED) is 0.824. The molecule has 1 aliphatic heterocycles. The second-order valence-corrected chi connectivity index (χ2v) is 7.15. The van der Waals surface area contributed by atoms with Crippen LogP contribution in [-0.2, 0) is 6.54 Å². The van der Waals surface area contributed by atoms with Crippen LogP contribution in [0.5, 0.6) is 5.75 Å². The lowest BCUT2D eigenvalue weighted by Gasteiger charge is -2.36. The van der Waals surface area contributed by atoms with Crippen LogP contribution in [0.3, 0.4) is 0 Å². The zero-order chi connectivity index (χ0) is 18.5. The summed E-state index contributed by atoms with van der Waals surface area (Å²) in [4.78, 5) is 17.5. The van der Waals surface area contributed by atoms with Crippen LogP contribution in [0.1, 0.15) is 30.9 Å². The third-order valence-electron chi connectivity index (χ3n) is 5.06. The SMILES string of the molecule is COc1cc(C(C)C)ccc(CN2CCN(c3ccccc3)CC2)c1=O. The fourth-order valence-corrected chi connectivity index (χ4v) is 3.37. The molecule has 0 radical (unpaired) electrons. The molecule has 0 aliphatic carbocycles. The van der Waals surface area contributed by atoms with Gasteiger partial charge in [-0.1, -0.05) is 44.2 Å². The average molecular weight is 352 g/mol. The topological polar surface area (TPSA) is 32.8 Å². The normalized spacial score (nSPS) is 15.3. The lowest BCUT2D eigenvalue weighted by atomic mass is 10.1. The number of rotatable bonds is 5. The minimum absolute atomic E-state index is 0.00453. The van der Waals surface area contributed by atoms with Crippen molar-refractivity contribution in [3.05, 3.63) is 69.9 Å². The van der Waals surface area contributed by atoms with Gasteiger partial charge in [0.15, 0.2) is 5.75 Å². The van der Waals surface area contributed by atoms with Gasteiger partial charge >= 0.3 is 0 Å². The van der Waals surface area contributed by atoms with Gasteiger partial charge in [-0.15, -0.1) is 0 Å². The Bertz CT molecular complexity index is 782. The standard InChI is InChI=1S/C22H28N2O2/c1-17(2)18-9-10-19(22(25)21(15-18)26-3)16-23-11-13-24(14-12-23)20-7-5-4-6-8-20/h4-10,15,17H,11-14,16H2,1-3H3. The van der Waals surface area contributed by atoms with E-state index < -0.39 is 0 Å². The van der Waals surface area contributed by atoms with Crippen LogP contribution in [0.4, 0.5) is 5.69 Å². The van der Waals surface area contributed by atoms with E-state index >= 15 is 0 Å². The molecule has 0 atom stereocenters. The second-order valence-electron chi connectivity index (χ2n) is 7.15. The van der Waals surface area contributed by atoms with E-state index in [4.69, 9.17) is 4.74 Å². The van der Waals surface area contributed by atoms with Gasteiger partial charge in [0, 0.05) is 44.0 Å². The molecule has 3 rings (SSSR count).